The molecular weight excluding hydrogens is 197 g/mol. The van der Waals surface area contributed by atoms with Crippen molar-refractivity contribution in [3.63, 3.8) is 0 Å². The highest BCUT2D eigenvalue weighted by Crippen LogP contribution is 2.21. The summed E-state index contributed by atoms with van der Waals surface area (Å²) in [7, 11) is 1.88. The number of aromatic nitrogens is 3. The van der Waals surface area contributed by atoms with Gasteiger partial charge >= 0.3 is 0 Å². The van der Waals surface area contributed by atoms with Crippen molar-refractivity contribution < 1.29 is 0 Å². The van der Waals surface area contributed by atoms with E-state index < -0.39 is 0 Å². The van der Waals surface area contributed by atoms with Crippen LogP contribution in [0.4, 0.5) is 0 Å². The molecule has 0 radical (unpaired) electrons. The number of rotatable bonds is 0. The van der Waals surface area contributed by atoms with Gasteiger partial charge in [0.25, 0.3) is 0 Å². The average Bonchev–Trinajstić information content (AvgIpc) is 2.31. The molecule has 3 nitrogen and oxygen atoms in total. The molecule has 0 saturated heterocycles. The smallest absolute Gasteiger partial charge is 0.224 e. The summed E-state index contributed by atoms with van der Waals surface area (Å²) in [5.74, 6) is 0. The molecule has 0 spiro atoms. The van der Waals surface area contributed by atoms with Crippen LogP contribution in [0.2, 0.25) is 10.4 Å². The van der Waals surface area contributed by atoms with Gasteiger partial charge < -0.3 is 4.57 Å². The molecule has 2 aromatic heterocycles. The first kappa shape index (κ1) is 7.83. The predicted molar refractivity (Wildman–Crippen MR) is 48.5 cm³/mol. The van der Waals surface area contributed by atoms with Crippen LogP contribution in [-0.4, -0.2) is 14.5 Å². The van der Waals surface area contributed by atoms with E-state index in [0.29, 0.717) is 5.15 Å². The Bertz CT molecular complexity index is 435. The minimum atomic E-state index is 0.179. The maximum absolute atomic E-state index is 5.85. The van der Waals surface area contributed by atoms with Crippen molar-refractivity contribution in [1.29, 1.82) is 0 Å². The zero-order valence-corrected chi connectivity index (χ0v) is 7.76. The fraction of sp³-hybridized carbons (Fsp3) is 0.143. The first-order valence-electron chi connectivity index (χ1n) is 3.32. The molecule has 0 bridgehead atoms. The van der Waals surface area contributed by atoms with Crippen LogP contribution in [0.3, 0.4) is 0 Å². The van der Waals surface area contributed by atoms with E-state index in [4.69, 9.17) is 23.2 Å². The maximum Gasteiger partial charge on any atom is 0.224 e. The van der Waals surface area contributed by atoms with Crippen LogP contribution in [0, 0.1) is 0 Å². The van der Waals surface area contributed by atoms with Gasteiger partial charge in [0.05, 0.1) is 5.52 Å². The van der Waals surface area contributed by atoms with E-state index in [-0.39, 0.29) is 5.28 Å². The molecule has 62 valence electrons. The summed E-state index contributed by atoms with van der Waals surface area (Å²) in [6.45, 7) is 0. The Hall–Kier alpha value is -0.800. The van der Waals surface area contributed by atoms with Gasteiger partial charge in [-0.1, -0.05) is 11.6 Å². The summed E-state index contributed by atoms with van der Waals surface area (Å²) in [6, 6.07) is 1.84. The van der Waals surface area contributed by atoms with E-state index in [9.17, 15) is 0 Å². The number of hydrogen-bond acceptors (Lipinski definition) is 2. The third kappa shape index (κ3) is 1.06. The van der Waals surface area contributed by atoms with Gasteiger partial charge in [-0.2, -0.15) is 0 Å². The Morgan fingerprint density at radius 3 is 2.83 bits per heavy atom. The van der Waals surface area contributed by atoms with Gasteiger partial charge in [0.1, 0.15) is 5.52 Å². The first-order chi connectivity index (χ1) is 5.68. The van der Waals surface area contributed by atoms with Gasteiger partial charge in [-0.25, -0.2) is 9.97 Å². The first-order valence-corrected chi connectivity index (χ1v) is 4.08. The Kier molecular flexibility index (Phi) is 1.70. The van der Waals surface area contributed by atoms with E-state index in [1.165, 1.54) is 0 Å². The summed E-state index contributed by atoms with van der Waals surface area (Å²) < 4.78 is 1.86. The van der Waals surface area contributed by atoms with Gasteiger partial charge in [-0.05, 0) is 17.7 Å². The largest absolute Gasteiger partial charge is 0.347 e. The lowest BCUT2D eigenvalue weighted by molar-refractivity contribution is 0.963. The Labute approximate surface area is 78.9 Å². The number of fused-ring (bicyclic) bond motifs is 1. The van der Waals surface area contributed by atoms with Crippen molar-refractivity contribution >= 4 is 34.2 Å². The minimum Gasteiger partial charge on any atom is -0.347 e. The van der Waals surface area contributed by atoms with Gasteiger partial charge in [-0.15, -0.1) is 0 Å². The monoisotopic (exact) mass is 201 g/mol. The fourth-order valence-electron chi connectivity index (χ4n) is 1.12. The molecule has 0 fully saturated rings. The Balaban J connectivity index is 2.93. The molecule has 0 aliphatic carbocycles. The third-order valence-electron chi connectivity index (χ3n) is 1.65. The van der Waals surface area contributed by atoms with Crippen molar-refractivity contribution in [2.45, 2.75) is 0 Å². The van der Waals surface area contributed by atoms with Crippen molar-refractivity contribution in [3.8, 4) is 0 Å². The summed E-state index contributed by atoms with van der Waals surface area (Å²) in [5, 5.41) is 0.566. The summed E-state index contributed by atoms with van der Waals surface area (Å²) in [5.41, 5.74) is 1.57. The molecule has 5 heteroatoms. The second-order valence-corrected chi connectivity index (χ2v) is 3.14. The van der Waals surface area contributed by atoms with Crippen LogP contribution < -0.4 is 0 Å². The van der Waals surface area contributed by atoms with E-state index in [1.807, 2.05) is 23.9 Å². The number of halogens is 2. The molecule has 0 aliphatic rings. The van der Waals surface area contributed by atoms with Crippen LogP contribution in [0.15, 0.2) is 12.3 Å². The molecule has 12 heavy (non-hydrogen) atoms. The van der Waals surface area contributed by atoms with Gasteiger partial charge in [0.2, 0.25) is 5.28 Å². The molecule has 0 N–H and O–H groups in total. The summed E-state index contributed by atoms with van der Waals surface area (Å²) in [6.07, 6.45) is 1.86. The molecule has 0 amide bonds. The van der Waals surface area contributed by atoms with Crippen molar-refractivity contribution in [3.05, 3.63) is 22.7 Å². The predicted octanol–water partition coefficient (Wildman–Crippen LogP) is 2.28. The van der Waals surface area contributed by atoms with E-state index >= 15 is 0 Å². The molecule has 0 aliphatic heterocycles. The lowest BCUT2D eigenvalue weighted by Gasteiger charge is -1.97. The minimum absolute atomic E-state index is 0.179. The van der Waals surface area contributed by atoms with E-state index in [2.05, 4.69) is 9.97 Å². The SMILES string of the molecule is Cn1ccc2nc(Cl)nc(Cl)c21. The molecule has 0 saturated carbocycles. The molecule has 2 rings (SSSR count). The van der Waals surface area contributed by atoms with Crippen LogP contribution >= 0.6 is 23.2 Å². The Morgan fingerprint density at radius 1 is 1.33 bits per heavy atom. The number of aryl methyl sites for hydroxylation is 1. The average molecular weight is 202 g/mol. The van der Waals surface area contributed by atoms with Crippen LogP contribution in [0.5, 0.6) is 0 Å². The van der Waals surface area contributed by atoms with Crippen LogP contribution in [0.25, 0.3) is 11.0 Å². The van der Waals surface area contributed by atoms with Gasteiger partial charge in [0.15, 0.2) is 5.15 Å². The van der Waals surface area contributed by atoms with Crippen molar-refractivity contribution in [1.82, 2.24) is 14.5 Å². The van der Waals surface area contributed by atoms with Crippen molar-refractivity contribution in [2.24, 2.45) is 7.05 Å². The summed E-state index contributed by atoms with van der Waals surface area (Å²) >= 11 is 11.5. The molecule has 2 aromatic rings. The van der Waals surface area contributed by atoms with Crippen molar-refractivity contribution in [2.75, 3.05) is 0 Å². The maximum atomic E-state index is 5.85. The van der Waals surface area contributed by atoms with Crippen LogP contribution in [0.1, 0.15) is 0 Å². The van der Waals surface area contributed by atoms with E-state index in [0.717, 1.165) is 11.0 Å². The second kappa shape index (κ2) is 2.61. The van der Waals surface area contributed by atoms with E-state index in [1.54, 1.807) is 0 Å². The molecule has 0 aromatic carbocycles. The lowest BCUT2D eigenvalue weighted by atomic mass is 10.5. The standard InChI is InChI=1S/C7H5Cl2N3/c1-12-3-2-4-5(12)6(8)11-7(9)10-4/h2-3H,1H3. The third-order valence-corrected chi connectivity index (χ3v) is 2.08. The zero-order chi connectivity index (χ0) is 8.72. The van der Waals surface area contributed by atoms with Gasteiger partial charge in [0, 0.05) is 13.2 Å². The van der Waals surface area contributed by atoms with Crippen LogP contribution in [-0.2, 0) is 7.05 Å². The number of nitrogens with zero attached hydrogens (tertiary/aromatic N) is 3. The lowest BCUT2D eigenvalue weighted by Crippen LogP contribution is -1.89. The highest BCUT2D eigenvalue weighted by molar-refractivity contribution is 6.35. The molecule has 2 heterocycles. The molecule has 0 unspecified atom stereocenters. The number of hydrogen-bond donors (Lipinski definition) is 0. The highest BCUT2D eigenvalue weighted by Gasteiger charge is 2.06. The highest BCUT2D eigenvalue weighted by atomic mass is 35.5. The summed E-state index contributed by atoms with van der Waals surface area (Å²) in [4.78, 5) is 7.84. The quantitative estimate of drug-likeness (QED) is 0.484. The van der Waals surface area contributed by atoms with Gasteiger partial charge in [-0.3, -0.25) is 0 Å². The molecular formula is C7H5Cl2N3. The zero-order valence-electron chi connectivity index (χ0n) is 6.25. The Morgan fingerprint density at radius 2 is 2.08 bits per heavy atom. The normalized spacial score (nSPS) is 10.9. The topological polar surface area (TPSA) is 30.7 Å². The second-order valence-electron chi connectivity index (χ2n) is 2.44. The fourth-order valence-corrected chi connectivity index (χ4v) is 1.65. The molecule has 0 atom stereocenters.